The molecule has 0 aromatic rings. The van der Waals surface area contributed by atoms with E-state index in [1.807, 2.05) is 13.8 Å². The number of aliphatic hydroxyl groups excluding tert-OH is 7. The minimum absolute atomic E-state index is 0.00701. The van der Waals surface area contributed by atoms with Crippen LogP contribution in [-0.4, -0.2) is 128 Å². The second kappa shape index (κ2) is 12.4. The number of fused-ring (bicyclic) bond motifs is 7. The van der Waals surface area contributed by atoms with Gasteiger partial charge in [0.15, 0.2) is 12.1 Å². The Hall–Kier alpha value is -0.480. The van der Waals surface area contributed by atoms with Gasteiger partial charge in [-0.1, -0.05) is 27.7 Å². The van der Waals surface area contributed by atoms with Crippen LogP contribution in [0.15, 0.2) is 0 Å². The highest BCUT2D eigenvalue weighted by molar-refractivity contribution is 5.21. The van der Waals surface area contributed by atoms with Gasteiger partial charge in [-0.2, -0.15) is 0 Å². The number of rotatable bonds is 8. The molecular formula is C34H58O12. The molecule has 0 radical (unpaired) electrons. The maximum Gasteiger partial charge on any atom is 0.186 e. The van der Waals surface area contributed by atoms with Crippen LogP contribution in [-0.2, 0) is 18.9 Å². The second-order valence-corrected chi connectivity index (χ2v) is 16.3. The summed E-state index contributed by atoms with van der Waals surface area (Å²) in [5, 5.41) is 84.4. The molecule has 8 N–H and O–H groups in total. The van der Waals surface area contributed by atoms with E-state index >= 15 is 0 Å². The maximum absolute atomic E-state index is 11.8. The number of aliphatic hydroxyl groups is 8. The largest absolute Gasteiger partial charge is 0.394 e. The van der Waals surface area contributed by atoms with Crippen LogP contribution in [0.3, 0.4) is 0 Å². The lowest BCUT2D eigenvalue weighted by Gasteiger charge is -2.66. The average molecular weight is 659 g/mol. The van der Waals surface area contributed by atoms with Crippen LogP contribution < -0.4 is 0 Å². The van der Waals surface area contributed by atoms with Gasteiger partial charge in [-0.3, -0.25) is 0 Å². The van der Waals surface area contributed by atoms with E-state index in [-0.39, 0.29) is 54.1 Å². The summed E-state index contributed by atoms with van der Waals surface area (Å²) in [5.41, 5.74) is -2.43. The molecule has 46 heavy (non-hydrogen) atoms. The van der Waals surface area contributed by atoms with Crippen molar-refractivity contribution in [1.82, 2.24) is 0 Å². The lowest BCUT2D eigenvalue weighted by atomic mass is 9.41. The van der Waals surface area contributed by atoms with E-state index < -0.39 is 72.4 Å². The van der Waals surface area contributed by atoms with Crippen molar-refractivity contribution >= 4 is 0 Å². The van der Waals surface area contributed by atoms with Crippen molar-refractivity contribution in [3.8, 4) is 0 Å². The SMILES string of the molecule is COC1(CCC(C)CO[C@@H]2O[C@H](CO)[C@@H](O)[C@H](O)[C@H]2O)O[C@H]2C[C@H]3[C@@H]4CCC5(O)C(O)C(O)CC(O)[C@]5(C)[C@H]4CC[C@]3(C)[C@H]2[C@@H]1C. The Morgan fingerprint density at radius 3 is 2.33 bits per heavy atom. The fourth-order valence-corrected chi connectivity index (χ4v) is 11.6. The second-order valence-electron chi connectivity index (χ2n) is 16.3. The summed E-state index contributed by atoms with van der Waals surface area (Å²) in [7, 11) is 1.70. The molecule has 12 nitrogen and oxygen atoms in total. The highest BCUT2D eigenvalue weighted by atomic mass is 16.7. The lowest BCUT2D eigenvalue weighted by Crippen LogP contribution is -2.73. The molecule has 2 heterocycles. The van der Waals surface area contributed by atoms with Crippen molar-refractivity contribution in [2.24, 2.45) is 46.3 Å². The van der Waals surface area contributed by atoms with Gasteiger partial charge in [0.1, 0.15) is 36.1 Å². The van der Waals surface area contributed by atoms with E-state index in [1.54, 1.807) is 7.11 Å². The van der Waals surface area contributed by atoms with Crippen molar-refractivity contribution in [2.45, 2.75) is 146 Å². The van der Waals surface area contributed by atoms with Crippen molar-refractivity contribution in [2.75, 3.05) is 20.3 Å². The monoisotopic (exact) mass is 658 g/mol. The summed E-state index contributed by atoms with van der Waals surface area (Å²) in [6.07, 6.45) is -4.66. The first-order chi connectivity index (χ1) is 21.6. The molecule has 0 spiro atoms. The van der Waals surface area contributed by atoms with Gasteiger partial charge in [-0.15, -0.1) is 0 Å². The highest BCUT2D eigenvalue weighted by Gasteiger charge is 2.73. The first-order valence-electron chi connectivity index (χ1n) is 17.5. The topological polar surface area (TPSA) is 199 Å². The van der Waals surface area contributed by atoms with E-state index in [4.69, 9.17) is 18.9 Å². The predicted molar refractivity (Wildman–Crippen MR) is 163 cm³/mol. The zero-order valence-electron chi connectivity index (χ0n) is 27.9. The third kappa shape index (κ3) is 4.99. The number of ether oxygens (including phenoxy) is 4. The molecule has 2 saturated heterocycles. The summed E-state index contributed by atoms with van der Waals surface area (Å²) in [4.78, 5) is 0. The lowest BCUT2D eigenvalue weighted by molar-refractivity contribution is -0.303. The van der Waals surface area contributed by atoms with E-state index in [0.29, 0.717) is 25.2 Å². The molecule has 19 atom stereocenters. The molecule has 266 valence electrons. The Morgan fingerprint density at radius 2 is 1.65 bits per heavy atom. The Balaban J connectivity index is 1.11. The molecule has 2 aliphatic heterocycles. The van der Waals surface area contributed by atoms with Crippen LogP contribution in [0, 0.1) is 46.3 Å². The minimum Gasteiger partial charge on any atom is -0.394 e. The molecule has 6 fully saturated rings. The fraction of sp³-hybridized carbons (Fsp3) is 1.00. The highest BCUT2D eigenvalue weighted by Crippen LogP contribution is 2.71. The van der Waals surface area contributed by atoms with Gasteiger partial charge in [0.2, 0.25) is 0 Å². The summed E-state index contributed by atoms with van der Waals surface area (Å²) in [6, 6.07) is 0. The predicted octanol–water partition coefficient (Wildman–Crippen LogP) is 0.283. The van der Waals surface area contributed by atoms with E-state index in [0.717, 1.165) is 25.7 Å². The Kier molecular flexibility index (Phi) is 9.52. The molecule has 6 aliphatic rings. The third-order valence-corrected chi connectivity index (χ3v) is 14.4. The Morgan fingerprint density at radius 1 is 0.935 bits per heavy atom. The van der Waals surface area contributed by atoms with Crippen LogP contribution in [0.4, 0.5) is 0 Å². The third-order valence-electron chi connectivity index (χ3n) is 14.4. The zero-order chi connectivity index (χ0) is 33.6. The van der Waals surface area contributed by atoms with Gasteiger partial charge < -0.3 is 59.8 Å². The first-order valence-corrected chi connectivity index (χ1v) is 17.5. The molecule has 6 rings (SSSR count). The van der Waals surface area contributed by atoms with Crippen molar-refractivity contribution < 1.29 is 59.8 Å². The van der Waals surface area contributed by atoms with Gasteiger partial charge in [-0.05, 0) is 73.5 Å². The first kappa shape index (κ1) is 35.3. The fourth-order valence-electron chi connectivity index (χ4n) is 11.6. The minimum atomic E-state index is -1.52. The number of methoxy groups -OCH3 is 1. The number of hydrogen-bond donors (Lipinski definition) is 8. The average Bonchev–Trinajstić information content (AvgIpc) is 3.49. The van der Waals surface area contributed by atoms with Crippen LogP contribution in [0.5, 0.6) is 0 Å². The molecule has 12 heteroatoms. The summed E-state index contributed by atoms with van der Waals surface area (Å²) >= 11 is 0. The zero-order valence-corrected chi connectivity index (χ0v) is 27.9. The summed E-state index contributed by atoms with van der Waals surface area (Å²) in [6.45, 7) is 8.29. The van der Waals surface area contributed by atoms with Gasteiger partial charge in [0, 0.05) is 31.3 Å². The van der Waals surface area contributed by atoms with E-state index in [9.17, 15) is 40.9 Å². The molecule has 0 amide bonds. The van der Waals surface area contributed by atoms with Crippen LogP contribution >= 0.6 is 0 Å². The van der Waals surface area contributed by atoms with E-state index in [1.165, 1.54) is 0 Å². The standard InChI is InChI=1S/C34H58O12/c1-16(15-44-30-28(40)27(39)26(38)23(14-35)45-30)6-11-34(43-5)17(2)25-22(46-34)12-20-18-7-10-33(42)29(41)21(36)13-24(37)32(33,4)19(18)8-9-31(20,25)3/h16-30,35-42H,6-15H2,1-5H3/t16?,17-,18+,19-,20-,21?,22-,23+,24?,25-,26+,27-,28+,29?,30+,31-,32-,33?,34?/m0/s1. The van der Waals surface area contributed by atoms with Crippen LogP contribution in [0.1, 0.15) is 79.1 Å². The van der Waals surface area contributed by atoms with Crippen LogP contribution in [0.25, 0.3) is 0 Å². The van der Waals surface area contributed by atoms with Crippen molar-refractivity contribution in [1.29, 1.82) is 0 Å². The molecule has 0 aromatic heterocycles. The molecule has 6 unspecified atom stereocenters. The molecule has 0 aromatic carbocycles. The van der Waals surface area contributed by atoms with Gasteiger partial charge >= 0.3 is 0 Å². The molecular weight excluding hydrogens is 600 g/mol. The molecule has 4 saturated carbocycles. The normalized spacial score (nSPS) is 57.3. The van der Waals surface area contributed by atoms with Crippen LogP contribution in [0.2, 0.25) is 0 Å². The smallest absolute Gasteiger partial charge is 0.186 e. The maximum atomic E-state index is 11.8. The summed E-state index contributed by atoms with van der Waals surface area (Å²) in [5.74, 6) is 0.313. The van der Waals surface area contributed by atoms with Crippen molar-refractivity contribution in [3.05, 3.63) is 0 Å². The summed E-state index contributed by atoms with van der Waals surface area (Å²) < 4.78 is 24.4. The van der Waals surface area contributed by atoms with E-state index in [2.05, 4.69) is 13.8 Å². The Bertz CT molecular complexity index is 1090. The van der Waals surface area contributed by atoms with Gasteiger partial charge in [-0.25, -0.2) is 0 Å². The quantitative estimate of drug-likeness (QED) is 0.178. The molecule has 0 bridgehead atoms. The van der Waals surface area contributed by atoms with Crippen molar-refractivity contribution in [3.63, 3.8) is 0 Å². The molecule has 4 aliphatic carbocycles. The van der Waals surface area contributed by atoms with Gasteiger partial charge in [0.05, 0.1) is 31.5 Å². The Labute approximate surface area is 272 Å². The number of hydrogen-bond acceptors (Lipinski definition) is 12. The van der Waals surface area contributed by atoms with Gasteiger partial charge in [0.25, 0.3) is 0 Å².